The average molecular weight is 622 g/mol. The van der Waals surface area contributed by atoms with Crippen LogP contribution in [0, 0.1) is 0 Å². The Morgan fingerprint density at radius 3 is 2.33 bits per heavy atom. The molecule has 0 aromatic heterocycles. The van der Waals surface area contributed by atoms with Crippen molar-refractivity contribution in [2.75, 3.05) is 38.2 Å². The van der Waals surface area contributed by atoms with Gasteiger partial charge in [0, 0.05) is 64.7 Å². The summed E-state index contributed by atoms with van der Waals surface area (Å²) in [6.45, 7) is 4.03. The third-order valence-corrected chi connectivity index (χ3v) is 11.9. The van der Waals surface area contributed by atoms with Crippen molar-refractivity contribution in [2.24, 2.45) is 0 Å². The van der Waals surface area contributed by atoms with Crippen molar-refractivity contribution in [3.8, 4) is 11.5 Å². The van der Waals surface area contributed by atoms with Gasteiger partial charge in [0.2, 0.25) is 5.36 Å². The summed E-state index contributed by atoms with van der Waals surface area (Å²) in [5.41, 5.74) is 7.84. The first-order chi connectivity index (χ1) is 20.7. The zero-order valence-electron chi connectivity index (χ0n) is 24.0. The Bertz CT molecular complexity index is 2100. The summed E-state index contributed by atoms with van der Waals surface area (Å²) >= 11 is 0. The summed E-state index contributed by atoms with van der Waals surface area (Å²) in [5, 5.41) is 2.06. The number of nitrogens with zero attached hydrogens (tertiary/aromatic N) is 2. The second-order valence-electron chi connectivity index (χ2n) is 12.1. The van der Waals surface area contributed by atoms with Crippen LogP contribution in [0.15, 0.2) is 40.1 Å². The van der Waals surface area contributed by atoms with E-state index in [0.29, 0.717) is 11.1 Å². The molecule has 0 spiro atoms. The molecular weight excluding hydrogens is 588 g/mol. The molecule has 11 heteroatoms. The molecule has 0 fully saturated rings. The van der Waals surface area contributed by atoms with Crippen molar-refractivity contribution < 1.29 is 30.3 Å². The van der Waals surface area contributed by atoms with Gasteiger partial charge in [-0.05, 0) is 68.4 Å². The molecule has 3 aromatic carbocycles. The number of hydrogen-bond acceptors (Lipinski definition) is 7. The highest BCUT2D eigenvalue weighted by molar-refractivity contribution is 7.87. The SMILES string of the molecule is COS(=O)(=O)c1cc(S(=O)(=O)O)ccc1C1=c2cc3c4c(c2Oc2c1cc1c5c2CCCN5CCC1)CCC[N+]=4CCC3. The lowest BCUT2D eigenvalue weighted by molar-refractivity contribution is 0.397. The van der Waals surface area contributed by atoms with E-state index in [9.17, 15) is 21.4 Å². The van der Waals surface area contributed by atoms with Crippen molar-refractivity contribution in [1.29, 1.82) is 0 Å². The van der Waals surface area contributed by atoms with E-state index in [1.165, 1.54) is 34.3 Å². The van der Waals surface area contributed by atoms with E-state index in [0.717, 1.165) is 124 Å². The topological polar surface area (TPSA) is 113 Å². The number of benzene rings is 3. The number of anilines is 1. The lowest BCUT2D eigenvalue weighted by Gasteiger charge is -2.39. The maximum absolute atomic E-state index is 13.4. The minimum absolute atomic E-state index is 0.306. The molecule has 43 heavy (non-hydrogen) atoms. The summed E-state index contributed by atoms with van der Waals surface area (Å²) in [5.74, 6) is 1.52. The molecule has 8 rings (SSSR count). The van der Waals surface area contributed by atoms with Gasteiger partial charge in [-0.1, -0.05) is 6.07 Å². The molecule has 0 atom stereocenters. The van der Waals surface area contributed by atoms with Crippen LogP contribution in [0.4, 0.5) is 5.69 Å². The zero-order valence-corrected chi connectivity index (χ0v) is 25.6. The van der Waals surface area contributed by atoms with Crippen LogP contribution in [0.3, 0.4) is 0 Å². The first kappa shape index (κ1) is 27.3. The van der Waals surface area contributed by atoms with Crippen molar-refractivity contribution in [3.63, 3.8) is 0 Å². The molecule has 0 saturated heterocycles. The van der Waals surface area contributed by atoms with Gasteiger partial charge >= 0.3 is 0 Å². The van der Waals surface area contributed by atoms with Crippen molar-refractivity contribution in [1.82, 2.24) is 4.58 Å². The molecule has 0 radical (unpaired) electrons. The number of fused-ring (bicyclic) bond motifs is 4. The van der Waals surface area contributed by atoms with Gasteiger partial charge in [-0.2, -0.15) is 16.8 Å². The lowest BCUT2D eigenvalue weighted by Crippen LogP contribution is -2.45. The molecule has 0 aliphatic carbocycles. The van der Waals surface area contributed by atoms with E-state index < -0.39 is 25.1 Å². The van der Waals surface area contributed by atoms with Gasteiger partial charge in [0.05, 0.1) is 17.6 Å². The predicted octanol–water partition coefficient (Wildman–Crippen LogP) is 2.70. The number of aryl methyl sites for hydroxylation is 2. The van der Waals surface area contributed by atoms with Gasteiger partial charge in [-0.3, -0.25) is 8.74 Å². The van der Waals surface area contributed by atoms with Crippen LogP contribution in [0.2, 0.25) is 0 Å². The van der Waals surface area contributed by atoms with Crippen LogP contribution >= 0.6 is 0 Å². The Balaban J connectivity index is 1.55. The van der Waals surface area contributed by atoms with Crippen LogP contribution in [0.1, 0.15) is 59.1 Å². The summed E-state index contributed by atoms with van der Waals surface area (Å²) < 4.78 is 75.4. The highest BCUT2D eigenvalue weighted by Gasteiger charge is 2.37. The molecule has 0 amide bonds. The van der Waals surface area contributed by atoms with Crippen LogP contribution in [0.25, 0.3) is 5.57 Å². The van der Waals surface area contributed by atoms with Crippen molar-refractivity contribution >= 4 is 31.5 Å². The fourth-order valence-electron chi connectivity index (χ4n) is 7.97. The largest absolute Gasteiger partial charge is 0.455 e. The second kappa shape index (κ2) is 9.62. The van der Waals surface area contributed by atoms with Gasteiger partial charge in [-0.25, -0.2) is 4.58 Å². The summed E-state index contributed by atoms with van der Waals surface area (Å²) in [7, 11) is -8.00. The quantitative estimate of drug-likeness (QED) is 0.210. The molecule has 0 bridgehead atoms. The summed E-state index contributed by atoms with van der Waals surface area (Å²) in [6, 6.07) is 8.05. The summed E-state index contributed by atoms with van der Waals surface area (Å²) in [6.07, 6.45) is 7.65. The Morgan fingerprint density at radius 1 is 0.837 bits per heavy atom. The Labute approximate surface area is 250 Å². The Hall–Kier alpha value is -3.25. The van der Waals surface area contributed by atoms with Crippen LogP contribution in [0.5, 0.6) is 11.5 Å². The number of hydrogen-bond donors (Lipinski definition) is 1. The highest BCUT2D eigenvalue weighted by atomic mass is 32.2. The van der Waals surface area contributed by atoms with E-state index >= 15 is 0 Å². The number of rotatable bonds is 4. The molecule has 224 valence electrons. The van der Waals surface area contributed by atoms with Gasteiger partial charge in [0.1, 0.15) is 29.5 Å². The smallest absolute Gasteiger partial charge is 0.297 e. The molecule has 9 nitrogen and oxygen atoms in total. The van der Waals surface area contributed by atoms with Gasteiger partial charge < -0.3 is 9.64 Å². The van der Waals surface area contributed by atoms with E-state index in [-0.39, 0.29) is 4.90 Å². The van der Waals surface area contributed by atoms with E-state index in [2.05, 4.69) is 21.6 Å². The molecule has 0 saturated carbocycles. The third kappa shape index (κ3) is 4.12. The molecular formula is C32H33N2O7S2+. The minimum Gasteiger partial charge on any atom is -0.455 e. The Kier molecular flexibility index (Phi) is 6.11. The van der Waals surface area contributed by atoms with E-state index in [1.807, 2.05) is 0 Å². The lowest BCUT2D eigenvalue weighted by atomic mass is 9.82. The minimum atomic E-state index is -4.67. The second-order valence-corrected chi connectivity index (χ2v) is 15.2. The standard InChI is InChI=1S/C32H32N2O7S2/c1-40-43(38,39)27-18-21(42(35,36)37)10-11-22(27)28-25-16-19-6-2-12-33-14-4-8-23(29(19)33)31(25)41-32-24-9-5-15-34-13-3-7-20(30(24)34)17-26(28)32/h10-11,16-18H,2-9,12-15H2,1H3/p+1. The van der Waals surface area contributed by atoms with E-state index in [4.69, 9.17) is 8.92 Å². The highest BCUT2D eigenvalue weighted by Crippen LogP contribution is 2.49. The monoisotopic (exact) mass is 621 g/mol. The van der Waals surface area contributed by atoms with Crippen LogP contribution in [-0.4, -0.2) is 54.7 Å². The molecule has 1 N–H and O–H groups in total. The molecule has 0 unspecified atom stereocenters. The van der Waals surface area contributed by atoms with Crippen LogP contribution < -0.4 is 24.8 Å². The first-order valence-corrected chi connectivity index (χ1v) is 17.9. The normalized spacial score (nSPS) is 18.8. The van der Waals surface area contributed by atoms with Crippen molar-refractivity contribution in [2.45, 2.75) is 61.2 Å². The van der Waals surface area contributed by atoms with Crippen LogP contribution in [-0.2, 0) is 50.1 Å². The van der Waals surface area contributed by atoms with Gasteiger partial charge in [-0.15, -0.1) is 0 Å². The maximum atomic E-state index is 13.4. The first-order valence-electron chi connectivity index (χ1n) is 15.0. The van der Waals surface area contributed by atoms with Gasteiger partial charge in [0.15, 0.2) is 0 Å². The zero-order chi connectivity index (χ0) is 29.7. The average Bonchev–Trinajstić information content (AvgIpc) is 3.00. The van der Waals surface area contributed by atoms with Crippen molar-refractivity contribution in [3.05, 3.63) is 74.3 Å². The maximum Gasteiger partial charge on any atom is 0.297 e. The molecule has 3 aromatic rings. The third-order valence-electron chi connectivity index (χ3n) is 9.70. The molecule has 5 aliphatic heterocycles. The fourth-order valence-corrected chi connectivity index (χ4v) is 9.44. The summed E-state index contributed by atoms with van der Waals surface area (Å²) in [4.78, 5) is 1.64. The molecule has 5 aliphatic rings. The fraction of sp³-hybridized carbons (Fsp3) is 0.406. The predicted molar refractivity (Wildman–Crippen MR) is 161 cm³/mol. The number of ether oxygens (including phenoxy) is 1. The molecule has 5 heterocycles. The van der Waals surface area contributed by atoms with Gasteiger partial charge in [0.25, 0.3) is 20.2 Å². The Morgan fingerprint density at radius 2 is 1.56 bits per heavy atom. The van der Waals surface area contributed by atoms with E-state index in [1.54, 1.807) is 0 Å².